The maximum Gasteiger partial charge on any atom is 0.545 e. The van der Waals surface area contributed by atoms with Crippen molar-refractivity contribution in [1.29, 1.82) is 0 Å². The van der Waals surface area contributed by atoms with Gasteiger partial charge >= 0.3 is 13.9 Å². The number of aliphatic hydroxyl groups excluding tert-OH is 1. The Bertz CT molecular complexity index is 146. The van der Waals surface area contributed by atoms with Gasteiger partial charge in [0.2, 0.25) is 0 Å². The minimum absolute atomic E-state index is 0.201. The van der Waals surface area contributed by atoms with Crippen molar-refractivity contribution in [2.45, 2.75) is 16.6 Å². The van der Waals surface area contributed by atoms with Gasteiger partial charge in [-0.1, -0.05) is 34.8 Å². The summed E-state index contributed by atoms with van der Waals surface area (Å²) >= 11 is 15.7. The Morgan fingerprint density at radius 2 is 2.09 bits per heavy atom. The highest BCUT2D eigenvalue weighted by atomic mass is 35.6. The summed E-state index contributed by atoms with van der Waals surface area (Å²) in [5.41, 5.74) is 0. The van der Waals surface area contributed by atoms with E-state index in [9.17, 15) is 4.57 Å². The molecule has 0 rings (SSSR count). The van der Waals surface area contributed by atoms with Gasteiger partial charge in [0.15, 0.2) is 0 Å². The van der Waals surface area contributed by atoms with Gasteiger partial charge in [-0.15, -0.1) is 4.52 Å². The van der Waals surface area contributed by atoms with Crippen molar-refractivity contribution in [2.75, 3.05) is 6.61 Å². The molecule has 0 bridgehead atoms. The molecule has 0 aromatic rings. The SMILES string of the molecule is CCO[P+](=O)C(O)C(Cl)(Cl)Cl. The van der Waals surface area contributed by atoms with Crippen LogP contribution < -0.4 is 0 Å². The first-order chi connectivity index (χ1) is 4.89. The molecule has 7 heteroatoms. The normalized spacial score (nSPS) is 16.3. The Balaban J connectivity index is 4.03. The molecular formula is C4H7Cl3O3P+. The summed E-state index contributed by atoms with van der Waals surface area (Å²) in [5, 5.41) is 8.98. The fraction of sp³-hybridized carbons (Fsp3) is 1.00. The van der Waals surface area contributed by atoms with Gasteiger partial charge in [0, 0.05) is 0 Å². The number of alkyl halides is 3. The van der Waals surface area contributed by atoms with E-state index in [1.54, 1.807) is 6.92 Å². The molecule has 0 aromatic heterocycles. The third-order valence-electron chi connectivity index (χ3n) is 0.749. The summed E-state index contributed by atoms with van der Waals surface area (Å²) < 4.78 is 13.4. The van der Waals surface area contributed by atoms with E-state index in [4.69, 9.17) is 39.9 Å². The predicted octanol–water partition coefficient (Wildman–Crippen LogP) is 2.45. The molecule has 0 aliphatic rings. The van der Waals surface area contributed by atoms with E-state index in [0.717, 1.165) is 0 Å². The Morgan fingerprint density at radius 3 is 2.36 bits per heavy atom. The van der Waals surface area contributed by atoms with Crippen LogP contribution >= 0.6 is 42.8 Å². The van der Waals surface area contributed by atoms with Gasteiger partial charge in [-0.25, -0.2) is 0 Å². The third kappa shape index (κ3) is 4.46. The Labute approximate surface area is 80.4 Å². The first-order valence-corrected chi connectivity index (χ1v) is 5.11. The summed E-state index contributed by atoms with van der Waals surface area (Å²) in [6.07, 6.45) is 0. The highest BCUT2D eigenvalue weighted by molar-refractivity contribution is 7.40. The molecule has 0 spiro atoms. The molecule has 0 fully saturated rings. The standard InChI is InChI=1S/C4H7Cl3O3P/c1-2-10-11(9)3(8)4(5,6)7/h3,8H,2H2,1H3/q+1. The molecule has 66 valence electrons. The van der Waals surface area contributed by atoms with Crippen LogP contribution in [0.25, 0.3) is 0 Å². The summed E-state index contributed by atoms with van der Waals surface area (Å²) in [4.78, 5) is 0. The van der Waals surface area contributed by atoms with Gasteiger partial charge in [0.05, 0.1) is 6.61 Å². The van der Waals surface area contributed by atoms with Gasteiger partial charge in [0.25, 0.3) is 3.79 Å². The van der Waals surface area contributed by atoms with Gasteiger partial charge < -0.3 is 5.11 Å². The zero-order valence-electron chi connectivity index (χ0n) is 5.63. The molecule has 0 heterocycles. The van der Waals surface area contributed by atoms with Crippen molar-refractivity contribution >= 4 is 42.8 Å². The number of aliphatic hydroxyl groups is 1. The second kappa shape index (κ2) is 4.80. The summed E-state index contributed by atoms with van der Waals surface area (Å²) in [6.45, 7) is 1.82. The van der Waals surface area contributed by atoms with Gasteiger partial charge in [-0.05, 0) is 11.5 Å². The molecule has 0 aliphatic carbocycles. The number of hydrogen-bond acceptors (Lipinski definition) is 3. The summed E-state index contributed by atoms with van der Waals surface area (Å²) in [6, 6.07) is 0. The highest BCUT2D eigenvalue weighted by Gasteiger charge is 2.47. The molecule has 1 N–H and O–H groups in total. The van der Waals surface area contributed by atoms with Crippen LogP contribution in [0.1, 0.15) is 6.92 Å². The van der Waals surface area contributed by atoms with Crippen LogP contribution in [0.15, 0.2) is 0 Å². The molecule has 0 amide bonds. The maximum atomic E-state index is 10.8. The fourth-order valence-corrected chi connectivity index (χ4v) is 1.67. The Hall–Kier alpha value is 0.890. The van der Waals surface area contributed by atoms with Crippen molar-refractivity contribution in [1.82, 2.24) is 0 Å². The Kier molecular flexibility index (Phi) is 5.19. The van der Waals surface area contributed by atoms with Gasteiger partial charge in [-0.3, -0.25) is 0 Å². The molecule has 2 atom stereocenters. The van der Waals surface area contributed by atoms with Crippen molar-refractivity contribution in [3.05, 3.63) is 0 Å². The molecule has 0 radical (unpaired) electrons. The topological polar surface area (TPSA) is 46.5 Å². The van der Waals surface area contributed by atoms with E-state index in [1.807, 2.05) is 0 Å². The van der Waals surface area contributed by atoms with Crippen molar-refractivity contribution in [3.63, 3.8) is 0 Å². The van der Waals surface area contributed by atoms with E-state index in [0.29, 0.717) is 0 Å². The van der Waals surface area contributed by atoms with Crippen LogP contribution in [0.3, 0.4) is 0 Å². The van der Waals surface area contributed by atoms with Crippen LogP contribution in [-0.4, -0.2) is 21.4 Å². The fourth-order valence-electron chi connectivity index (χ4n) is 0.317. The molecular weight excluding hydrogens is 233 g/mol. The first kappa shape index (κ1) is 11.9. The van der Waals surface area contributed by atoms with E-state index >= 15 is 0 Å². The largest absolute Gasteiger partial charge is 0.545 e. The lowest BCUT2D eigenvalue weighted by atomic mass is 10.8. The minimum atomic E-state index is -2.32. The third-order valence-corrected chi connectivity index (χ3v) is 3.12. The van der Waals surface area contributed by atoms with Crippen LogP contribution in [0.5, 0.6) is 0 Å². The van der Waals surface area contributed by atoms with Crippen LogP contribution in [0.2, 0.25) is 0 Å². The average molecular weight is 240 g/mol. The summed E-state index contributed by atoms with van der Waals surface area (Å²) in [5.74, 6) is -1.58. The number of hydrogen-bond donors (Lipinski definition) is 1. The quantitative estimate of drug-likeness (QED) is 0.609. The minimum Gasteiger partial charge on any atom is -0.345 e. The van der Waals surface area contributed by atoms with Crippen LogP contribution in [0, 0.1) is 0 Å². The van der Waals surface area contributed by atoms with E-state index in [-0.39, 0.29) is 6.61 Å². The zero-order valence-corrected chi connectivity index (χ0v) is 8.79. The molecule has 0 aromatic carbocycles. The van der Waals surface area contributed by atoms with E-state index < -0.39 is 17.7 Å². The van der Waals surface area contributed by atoms with Crippen LogP contribution in [-0.2, 0) is 9.09 Å². The highest BCUT2D eigenvalue weighted by Crippen LogP contribution is 2.43. The van der Waals surface area contributed by atoms with Crippen molar-refractivity contribution in [3.8, 4) is 0 Å². The van der Waals surface area contributed by atoms with E-state index in [2.05, 4.69) is 4.52 Å². The van der Waals surface area contributed by atoms with Crippen molar-refractivity contribution < 1.29 is 14.2 Å². The van der Waals surface area contributed by atoms with Gasteiger partial charge in [0.1, 0.15) is 0 Å². The smallest absolute Gasteiger partial charge is 0.345 e. The predicted molar refractivity (Wildman–Crippen MR) is 45.5 cm³/mol. The maximum absolute atomic E-state index is 10.8. The lowest BCUT2D eigenvalue weighted by Crippen LogP contribution is -2.21. The molecule has 2 unspecified atom stereocenters. The number of halogens is 3. The van der Waals surface area contributed by atoms with Crippen LogP contribution in [0.4, 0.5) is 0 Å². The lowest BCUT2D eigenvalue weighted by molar-refractivity contribution is 0.224. The molecule has 3 nitrogen and oxygen atoms in total. The van der Waals surface area contributed by atoms with E-state index in [1.165, 1.54) is 0 Å². The summed E-state index contributed by atoms with van der Waals surface area (Å²) in [7, 11) is -2.32. The second-order valence-corrected chi connectivity index (χ2v) is 5.31. The van der Waals surface area contributed by atoms with Crippen molar-refractivity contribution in [2.24, 2.45) is 0 Å². The molecule has 0 saturated carbocycles. The molecule has 0 aliphatic heterocycles. The molecule has 11 heavy (non-hydrogen) atoms. The molecule has 0 saturated heterocycles. The Morgan fingerprint density at radius 1 is 1.64 bits per heavy atom. The lowest BCUT2D eigenvalue weighted by Gasteiger charge is -2.07. The second-order valence-electron chi connectivity index (χ2n) is 1.62. The average Bonchev–Trinajstić information content (AvgIpc) is 1.85. The monoisotopic (exact) mass is 239 g/mol. The zero-order chi connectivity index (χ0) is 9.07. The number of rotatable bonds is 3. The first-order valence-electron chi connectivity index (χ1n) is 2.73. The van der Waals surface area contributed by atoms with Gasteiger partial charge in [-0.2, -0.15) is 0 Å².